The summed E-state index contributed by atoms with van der Waals surface area (Å²) < 4.78 is 11.3. The van der Waals surface area contributed by atoms with E-state index in [2.05, 4.69) is 11.8 Å². The van der Waals surface area contributed by atoms with Gasteiger partial charge < -0.3 is 14.4 Å². The van der Waals surface area contributed by atoms with E-state index < -0.39 is 0 Å². The van der Waals surface area contributed by atoms with E-state index >= 15 is 0 Å². The van der Waals surface area contributed by atoms with Crippen LogP contribution < -0.4 is 4.74 Å². The van der Waals surface area contributed by atoms with E-state index in [1.54, 1.807) is 0 Å². The molecular formula is C19H28N2O3. The second-order valence-corrected chi connectivity index (χ2v) is 6.63. The minimum absolute atomic E-state index is 0.0419. The number of piperidine rings is 1. The lowest BCUT2D eigenvalue weighted by Crippen LogP contribution is -2.41. The average molecular weight is 332 g/mol. The molecule has 2 saturated heterocycles. The van der Waals surface area contributed by atoms with E-state index in [0.717, 1.165) is 13.1 Å². The molecule has 0 aliphatic carbocycles. The molecular weight excluding hydrogens is 304 g/mol. The molecule has 2 aliphatic heterocycles. The Morgan fingerprint density at radius 2 is 2.00 bits per heavy atom. The van der Waals surface area contributed by atoms with Gasteiger partial charge >= 0.3 is 0 Å². The number of ether oxygens (including phenoxy) is 2. The monoisotopic (exact) mass is 332 g/mol. The Morgan fingerprint density at radius 3 is 2.79 bits per heavy atom. The van der Waals surface area contributed by atoms with E-state index in [9.17, 15) is 4.79 Å². The van der Waals surface area contributed by atoms with Crippen LogP contribution in [-0.2, 0) is 4.74 Å². The van der Waals surface area contributed by atoms with Crippen LogP contribution in [0.3, 0.4) is 0 Å². The van der Waals surface area contributed by atoms with Crippen LogP contribution >= 0.6 is 0 Å². The second kappa shape index (κ2) is 8.49. The lowest BCUT2D eigenvalue weighted by molar-refractivity contribution is 0.0300. The van der Waals surface area contributed by atoms with Gasteiger partial charge in [0.15, 0.2) is 0 Å². The molecule has 1 atom stereocenters. The zero-order valence-electron chi connectivity index (χ0n) is 14.6. The van der Waals surface area contributed by atoms with Crippen molar-refractivity contribution in [3.63, 3.8) is 0 Å². The minimum Gasteiger partial charge on any atom is -0.491 e. The third kappa shape index (κ3) is 4.28. The van der Waals surface area contributed by atoms with E-state index in [1.165, 1.54) is 19.3 Å². The molecule has 1 amide bonds. The van der Waals surface area contributed by atoms with Gasteiger partial charge in [-0.15, -0.1) is 0 Å². The Hall–Kier alpha value is -1.59. The van der Waals surface area contributed by atoms with Crippen LogP contribution in [0.4, 0.5) is 0 Å². The van der Waals surface area contributed by atoms with Crippen LogP contribution in [0, 0.1) is 0 Å². The molecule has 0 bridgehead atoms. The standard InChI is InChI=1S/C19H28N2O3/c1-16-6-4-5-9-20(16)12-15-24-18-8-3-2-7-17(18)19(22)21-10-13-23-14-11-21/h2-3,7-8,16H,4-6,9-15H2,1H3. The summed E-state index contributed by atoms with van der Waals surface area (Å²) in [6, 6.07) is 8.21. The summed E-state index contributed by atoms with van der Waals surface area (Å²) in [7, 11) is 0. The third-order valence-electron chi connectivity index (χ3n) is 4.99. The first-order chi connectivity index (χ1) is 11.8. The number of carbonyl (C=O) groups excluding carboxylic acids is 1. The molecule has 0 spiro atoms. The van der Waals surface area contributed by atoms with Crippen molar-refractivity contribution in [2.75, 3.05) is 46.0 Å². The van der Waals surface area contributed by atoms with E-state index in [4.69, 9.17) is 9.47 Å². The smallest absolute Gasteiger partial charge is 0.257 e. The number of likely N-dealkylation sites (tertiary alicyclic amines) is 1. The highest BCUT2D eigenvalue weighted by molar-refractivity contribution is 5.97. The largest absolute Gasteiger partial charge is 0.491 e. The number of morpholine rings is 1. The number of nitrogens with zero attached hydrogens (tertiary/aromatic N) is 2. The molecule has 132 valence electrons. The third-order valence-corrected chi connectivity index (χ3v) is 4.99. The van der Waals surface area contributed by atoms with Crippen molar-refractivity contribution in [2.24, 2.45) is 0 Å². The molecule has 2 heterocycles. The SMILES string of the molecule is CC1CCCCN1CCOc1ccccc1C(=O)N1CCOCC1. The first kappa shape index (κ1) is 17.2. The fraction of sp³-hybridized carbons (Fsp3) is 0.632. The first-order valence-electron chi connectivity index (χ1n) is 9.08. The summed E-state index contributed by atoms with van der Waals surface area (Å²) >= 11 is 0. The summed E-state index contributed by atoms with van der Waals surface area (Å²) in [5.74, 6) is 0.735. The molecule has 5 nitrogen and oxygen atoms in total. The van der Waals surface area contributed by atoms with Crippen molar-refractivity contribution < 1.29 is 14.3 Å². The number of hydrogen-bond donors (Lipinski definition) is 0. The highest BCUT2D eigenvalue weighted by Crippen LogP contribution is 2.21. The quantitative estimate of drug-likeness (QED) is 0.830. The molecule has 0 saturated carbocycles. The molecule has 0 radical (unpaired) electrons. The van der Waals surface area contributed by atoms with Gasteiger partial charge in [-0.2, -0.15) is 0 Å². The van der Waals surface area contributed by atoms with Gasteiger partial charge in [-0.1, -0.05) is 18.6 Å². The van der Waals surface area contributed by atoms with Crippen LogP contribution in [0.2, 0.25) is 0 Å². The van der Waals surface area contributed by atoms with E-state index in [0.29, 0.717) is 50.3 Å². The van der Waals surface area contributed by atoms with Crippen LogP contribution in [0.15, 0.2) is 24.3 Å². The minimum atomic E-state index is 0.0419. The van der Waals surface area contributed by atoms with Crippen LogP contribution in [0.5, 0.6) is 5.75 Å². The van der Waals surface area contributed by atoms with Crippen LogP contribution in [0.1, 0.15) is 36.5 Å². The molecule has 1 unspecified atom stereocenters. The Bertz CT molecular complexity index is 543. The van der Waals surface area contributed by atoms with Crippen molar-refractivity contribution in [3.8, 4) is 5.75 Å². The molecule has 1 aromatic carbocycles. The number of rotatable bonds is 5. The Balaban J connectivity index is 1.58. The number of carbonyl (C=O) groups is 1. The van der Waals surface area contributed by atoms with E-state index in [-0.39, 0.29) is 5.91 Å². The van der Waals surface area contributed by atoms with Crippen molar-refractivity contribution >= 4 is 5.91 Å². The summed E-state index contributed by atoms with van der Waals surface area (Å²) in [5.41, 5.74) is 0.658. The molecule has 1 aromatic rings. The Labute approximate surface area is 144 Å². The van der Waals surface area contributed by atoms with Gasteiger partial charge in [-0.25, -0.2) is 0 Å². The molecule has 2 aliphatic rings. The molecule has 0 N–H and O–H groups in total. The van der Waals surface area contributed by atoms with Crippen molar-refractivity contribution in [1.29, 1.82) is 0 Å². The zero-order chi connectivity index (χ0) is 16.8. The van der Waals surface area contributed by atoms with Gasteiger partial charge in [-0.3, -0.25) is 9.69 Å². The van der Waals surface area contributed by atoms with Gasteiger partial charge in [0.2, 0.25) is 0 Å². The lowest BCUT2D eigenvalue weighted by atomic mass is 10.0. The predicted octanol–water partition coefficient (Wildman–Crippen LogP) is 2.41. The number of hydrogen-bond acceptors (Lipinski definition) is 4. The summed E-state index contributed by atoms with van der Waals surface area (Å²) in [6.07, 6.45) is 3.87. The van der Waals surface area contributed by atoms with Crippen molar-refractivity contribution in [1.82, 2.24) is 9.80 Å². The summed E-state index contributed by atoms with van der Waals surface area (Å²) in [4.78, 5) is 17.0. The predicted molar refractivity (Wildman–Crippen MR) is 93.5 cm³/mol. The molecule has 2 fully saturated rings. The lowest BCUT2D eigenvalue weighted by Gasteiger charge is -2.33. The zero-order valence-corrected chi connectivity index (χ0v) is 14.6. The Kier molecular flexibility index (Phi) is 6.10. The summed E-state index contributed by atoms with van der Waals surface area (Å²) in [5, 5.41) is 0. The summed E-state index contributed by atoms with van der Waals surface area (Å²) in [6.45, 7) is 7.51. The fourth-order valence-corrected chi connectivity index (χ4v) is 3.47. The van der Waals surface area contributed by atoms with Gasteiger partial charge in [-0.05, 0) is 38.4 Å². The molecule has 0 aromatic heterocycles. The highest BCUT2D eigenvalue weighted by atomic mass is 16.5. The molecule has 24 heavy (non-hydrogen) atoms. The highest BCUT2D eigenvalue weighted by Gasteiger charge is 2.22. The van der Waals surface area contributed by atoms with Gasteiger partial charge in [0.1, 0.15) is 12.4 Å². The van der Waals surface area contributed by atoms with Crippen molar-refractivity contribution in [2.45, 2.75) is 32.2 Å². The van der Waals surface area contributed by atoms with Crippen LogP contribution in [-0.4, -0.2) is 67.7 Å². The number of para-hydroxylation sites is 1. The fourth-order valence-electron chi connectivity index (χ4n) is 3.47. The normalized spacial score (nSPS) is 22.4. The average Bonchev–Trinajstić information content (AvgIpc) is 2.64. The van der Waals surface area contributed by atoms with Gasteiger partial charge in [0.25, 0.3) is 5.91 Å². The number of benzene rings is 1. The molecule has 5 heteroatoms. The number of amides is 1. The van der Waals surface area contributed by atoms with Crippen molar-refractivity contribution in [3.05, 3.63) is 29.8 Å². The first-order valence-corrected chi connectivity index (χ1v) is 9.08. The maximum Gasteiger partial charge on any atom is 0.257 e. The van der Waals surface area contributed by atoms with Crippen LogP contribution in [0.25, 0.3) is 0 Å². The maximum atomic E-state index is 12.7. The van der Waals surface area contributed by atoms with Gasteiger partial charge in [0.05, 0.1) is 18.8 Å². The maximum absolute atomic E-state index is 12.7. The molecule has 3 rings (SSSR count). The second-order valence-electron chi connectivity index (χ2n) is 6.63. The van der Waals surface area contributed by atoms with Gasteiger partial charge in [0, 0.05) is 25.7 Å². The Morgan fingerprint density at radius 1 is 1.21 bits per heavy atom. The van der Waals surface area contributed by atoms with E-state index in [1.807, 2.05) is 29.2 Å². The topological polar surface area (TPSA) is 42.0 Å².